The highest BCUT2D eigenvalue weighted by Gasteiger charge is 2.27. The molecule has 0 spiro atoms. The van der Waals surface area contributed by atoms with Crippen LogP contribution >= 0.6 is 11.3 Å². The maximum Gasteiger partial charge on any atom is 0.306 e. The van der Waals surface area contributed by atoms with Crippen LogP contribution < -0.4 is 16.0 Å². The van der Waals surface area contributed by atoms with Crippen molar-refractivity contribution in [1.29, 1.82) is 0 Å². The first-order valence-corrected chi connectivity index (χ1v) is 8.53. The fourth-order valence-corrected chi connectivity index (χ4v) is 3.76. The topological polar surface area (TPSA) is 127 Å². The molecule has 0 aliphatic heterocycles. The highest BCUT2D eigenvalue weighted by molar-refractivity contribution is 7.91. The van der Waals surface area contributed by atoms with Crippen molar-refractivity contribution in [3.05, 3.63) is 16.2 Å². The highest BCUT2D eigenvalue weighted by atomic mass is 32.2. The average molecular weight is 336 g/mol. The van der Waals surface area contributed by atoms with Crippen molar-refractivity contribution in [2.24, 2.45) is 17.2 Å². The number of rotatable bonds is 6. The van der Waals surface area contributed by atoms with Crippen molar-refractivity contribution >= 4 is 32.0 Å². The van der Waals surface area contributed by atoms with Crippen LogP contribution in [-0.2, 0) is 10.0 Å². The number of nitrogens with one attached hydrogen (secondary N) is 2. The van der Waals surface area contributed by atoms with E-state index in [1.165, 1.54) is 0 Å². The van der Waals surface area contributed by atoms with Gasteiger partial charge in [0.25, 0.3) is 0 Å². The van der Waals surface area contributed by atoms with Crippen LogP contribution in [-0.4, -0.2) is 19.9 Å². The zero-order valence-corrected chi connectivity index (χ0v) is 14.0. The summed E-state index contributed by atoms with van der Waals surface area (Å²) >= 11 is 0.726. The van der Waals surface area contributed by atoms with Gasteiger partial charge in [0.1, 0.15) is 4.21 Å². The van der Waals surface area contributed by atoms with E-state index < -0.39 is 14.9 Å². The summed E-state index contributed by atoms with van der Waals surface area (Å²) in [4.78, 5) is 10.1. The summed E-state index contributed by atoms with van der Waals surface area (Å²) in [5.74, 6) is 5.27. The molecule has 1 heterocycles. The monoisotopic (exact) mass is 336 g/mol. The Kier molecular flexibility index (Phi) is 5.31. The predicted octanol–water partition coefficient (Wildman–Crippen LogP) is 1.90. The summed E-state index contributed by atoms with van der Waals surface area (Å²) in [6.45, 7) is 8.23. The van der Waals surface area contributed by atoms with E-state index >= 15 is 0 Å². The SMILES string of the molecule is CC(CNS(=O)(=O)c1cc([N+](=O)[O-])c(NN)s1)C(C)(C)C. The third-order valence-corrected chi connectivity index (χ3v) is 6.29. The molecule has 0 radical (unpaired) electrons. The molecular weight excluding hydrogens is 316 g/mol. The molecule has 21 heavy (non-hydrogen) atoms. The Morgan fingerprint density at radius 1 is 1.48 bits per heavy atom. The lowest BCUT2D eigenvalue weighted by atomic mass is 9.82. The minimum atomic E-state index is -3.79. The van der Waals surface area contributed by atoms with Crippen molar-refractivity contribution in [2.75, 3.05) is 12.0 Å². The normalized spacial score (nSPS) is 14.0. The van der Waals surface area contributed by atoms with Crippen LogP contribution in [0.15, 0.2) is 10.3 Å². The number of nitrogens with two attached hydrogens (primary N) is 1. The van der Waals surface area contributed by atoms with Crippen LogP contribution in [0, 0.1) is 21.4 Å². The fraction of sp³-hybridized carbons (Fsp3) is 0.636. The van der Waals surface area contributed by atoms with E-state index in [0.717, 1.165) is 17.4 Å². The molecule has 0 aliphatic rings. The van der Waals surface area contributed by atoms with E-state index in [4.69, 9.17) is 5.84 Å². The van der Waals surface area contributed by atoms with Crippen molar-refractivity contribution < 1.29 is 13.3 Å². The lowest BCUT2D eigenvalue weighted by Gasteiger charge is -2.27. The van der Waals surface area contributed by atoms with Gasteiger partial charge in [0.05, 0.1) is 4.92 Å². The maximum atomic E-state index is 12.2. The number of nitro groups is 1. The molecule has 0 fully saturated rings. The Labute approximate surface area is 127 Å². The smallest absolute Gasteiger partial charge is 0.306 e. The maximum absolute atomic E-state index is 12.2. The molecule has 0 saturated heterocycles. The predicted molar refractivity (Wildman–Crippen MR) is 82.6 cm³/mol. The minimum absolute atomic E-state index is 0.00393. The van der Waals surface area contributed by atoms with Crippen LogP contribution in [0.4, 0.5) is 10.7 Å². The third-order valence-electron chi connectivity index (χ3n) is 3.34. The van der Waals surface area contributed by atoms with Gasteiger partial charge < -0.3 is 5.43 Å². The number of sulfonamides is 1. The first-order chi connectivity index (χ1) is 9.49. The number of nitrogens with zero attached hydrogens (tertiary/aromatic N) is 1. The van der Waals surface area contributed by atoms with Gasteiger partial charge >= 0.3 is 5.69 Å². The highest BCUT2D eigenvalue weighted by Crippen LogP contribution is 2.36. The average Bonchev–Trinajstić information content (AvgIpc) is 2.79. The molecule has 8 nitrogen and oxygen atoms in total. The second-order valence-corrected chi connectivity index (χ2v) is 8.85. The first kappa shape index (κ1) is 17.8. The van der Waals surface area contributed by atoms with Crippen molar-refractivity contribution in [1.82, 2.24) is 4.72 Å². The van der Waals surface area contributed by atoms with E-state index in [9.17, 15) is 18.5 Å². The molecule has 10 heteroatoms. The Bertz CT molecular complexity index is 619. The molecule has 0 aliphatic carbocycles. The molecule has 0 saturated carbocycles. The summed E-state index contributed by atoms with van der Waals surface area (Å²) in [6, 6.07) is 1.00. The first-order valence-electron chi connectivity index (χ1n) is 6.23. The lowest BCUT2D eigenvalue weighted by molar-refractivity contribution is -0.383. The van der Waals surface area contributed by atoms with Gasteiger partial charge in [-0.15, -0.1) is 0 Å². The molecule has 1 rings (SSSR count). The van der Waals surface area contributed by atoms with Crippen molar-refractivity contribution in [2.45, 2.75) is 31.9 Å². The number of hydrogen-bond donors (Lipinski definition) is 3. The lowest BCUT2D eigenvalue weighted by Crippen LogP contribution is -2.33. The Morgan fingerprint density at radius 2 is 2.05 bits per heavy atom. The third kappa shape index (κ3) is 4.37. The standard InChI is InChI=1S/C11H20N4O4S2/c1-7(11(2,3)4)6-13-21(18,19)9-5-8(15(16)17)10(14-12)20-9/h5,7,13-14H,6,12H2,1-4H3. The number of nitrogen functional groups attached to an aromatic ring is 1. The second kappa shape index (κ2) is 6.26. The van der Waals surface area contributed by atoms with Gasteiger partial charge in [0.2, 0.25) is 10.0 Å². The van der Waals surface area contributed by atoms with Gasteiger partial charge in [-0.3, -0.25) is 10.1 Å². The summed E-state index contributed by atoms with van der Waals surface area (Å²) in [5, 5.41) is 10.8. The van der Waals surface area contributed by atoms with Gasteiger partial charge in [-0.25, -0.2) is 19.0 Å². The largest absolute Gasteiger partial charge is 0.310 e. The Hall–Kier alpha value is -1.23. The molecule has 4 N–H and O–H groups in total. The van der Waals surface area contributed by atoms with Gasteiger partial charge in [-0.1, -0.05) is 39.0 Å². The number of anilines is 1. The van der Waals surface area contributed by atoms with E-state index in [0.29, 0.717) is 0 Å². The molecule has 1 aromatic rings. The van der Waals surface area contributed by atoms with Gasteiger partial charge in [0, 0.05) is 12.6 Å². The quantitative estimate of drug-likeness (QED) is 0.413. The van der Waals surface area contributed by atoms with E-state index in [-0.39, 0.29) is 32.8 Å². The summed E-state index contributed by atoms with van der Waals surface area (Å²) in [5.41, 5.74) is 1.74. The molecule has 1 aromatic heterocycles. The van der Waals surface area contributed by atoms with Crippen LogP contribution in [0.1, 0.15) is 27.7 Å². The van der Waals surface area contributed by atoms with Crippen molar-refractivity contribution in [3.8, 4) is 0 Å². The van der Waals surface area contributed by atoms with Crippen molar-refractivity contribution in [3.63, 3.8) is 0 Å². The zero-order chi connectivity index (χ0) is 16.4. The van der Waals surface area contributed by atoms with Crippen LogP contribution in [0.2, 0.25) is 0 Å². The fourth-order valence-electron chi connectivity index (χ4n) is 1.34. The van der Waals surface area contributed by atoms with E-state index in [1.807, 2.05) is 27.7 Å². The number of hydrazine groups is 1. The molecule has 0 amide bonds. The van der Waals surface area contributed by atoms with Crippen LogP contribution in [0.5, 0.6) is 0 Å². The molecular formula is C11H20N4O4S2. The molecule has 1 unspecified atom stereocenters. The Morgan fingerprint density at radius 3 is 2.43 bits per heavy atom. The minimum Gasteiger partial charge on any atom is -0.310 e. The van der Waals surface area contributed by atoms with Gasteiger partial charge in [-0.2, -0.15) is 0 Å². The number of thiophene rings is 1. The summed E-state index contributed by atoms with van der Waals surface area (Å²) in [7, 11) is -3.79. The number of hydrogen-bond acceptors (Lipinski definition) is 7. The second-order valence-electron chi connectivity index (χ2n) is 5.80. The van der Waals surface area contributed by atoms with Crippen LogP contribution in [0.3, 0.4) is 0 Å². The van der Waals surface area contributed by atoms with E-state index in [2.05, 4.69) is 10.1 Å². The van der Waals surface area contributed by atoms with Gasteiger partial charge in [-0.05, 0) is 11.3 Å². The summed E-state index contributed by atoms with van der Waals surface area (Å²) < 4.78 is 26.7. The Balaban J connectivity index is 2.96. The zero-order valence-electron chi connectivity index (χ0n) is 12.3. The molecule has 0 aromatic carbocycles. The molecule has 1 atom stereocenters. The molecule has 120 valence electrons. The van der Waals surface area contributed by atoms with Gasteiger partial charge in [0.15, 0.2) is 5.00 Å². The van der Waals surface area contributed by atoms with Crippen LogP contribution in [0.25, 0.3) is 0 Å². The molecule has 0 bridgehead atoms. The van der Waals surface area contributed by atoms with E-state index in [1.54, 1.807) is 0 Å². The summed E-state index contributed by atoms with van der Waals surface area (Å²) in [6.07, 6.45) is 0.